The number of carbonyl (C=O) groups excluding carboxylic acids is 1. The van der Waals surface area contributed by atoms with E-state index in [0.717, 1.165) is 41.2 Å². The van der Waals surface area contributed by atoms with Crippen LogP contribution in [0.2, 0.25) is 0 Å². The van der Waals surface area contributed by atoms with Gasteiger partial charge in [0.15, 0.2) is 5.96 Å². The highest BCUT2D eigenvalue weighted by atomic mass is 127. The molecule has 0 radical (unpaired) electrons. The first kappa shape index (κ1) is 25.7. The third kappa shape index (κ3) is 7.27. The lowest BCUT2D eigenvalue weighted by molar-refractivity contribution is -0.124. The molecule has 174 valence electrons. The van der Waals surface area contributed by atoms with Crippen molar-refractivity contribution in [1.29, 1.82) is 0 Å². The van der Waals surface area contributed by atoms with Crippen molar-refractivity contribution >= 4 is 41.5 Å². The lowest BCUT2D eigenvalue weighted by atomic mass is 10.2. The van der Waals surface area contributed by atoms with Crippen molar-refractivity contribution in [3.05, 3.63) is 53.6 Å². The van der Waals surface area contributed by atoms with E-state index in [9.17, 15) is 4.79 Å². The maximum atomic E-state index is 12.3. The number of rotatable bonds is 8. The van der Waals surface area contributed by atoms with Gasteiger partial charge in [0.05, 0.1) is 14.2 Å². The smallest absolute Gasteiger partial charge is 0.253 e. The summed E-state index contributed by atoms with van der Waals surface area (Å²) in [6.45, 7) is 1.75. The largest absolute Gasteiger partial charge is 0.497 e. The molecule has 8 nitrogen and oxygen atoms in total. The fourth-order valence-corrected chi connectivity index (χ4v) is 3.35. The SMILES string of the molecule is CN=C(NCc1cccc(NC(=O)C2CCCO2)c1)NCc1ccc(OC)cc1OC.I. The Balaban J connectivity index is 0.00000363. The van der Waals surface area contributed by atoms with Crippen molar-refractivity contribution in [2.24, 2.45) is 4.99 Å². The summed E-state index contributed by atoms with van der Waals surface area (Å²) < 4.78 is 16.1. The number of guanidine groups is 1. The van der Waals surface area contributed by atoms with Crippen LogP contribution in [0.3, 0.4) is 0 Å². The molecule has 9 heteroatoms. The summed E-state index contributed by atoms with van der Waals surface area (Å²) in [5.74, 6) is 2.06. The second-order valence-electron chi connectivity index (χ2n) is 7.15. The normalized spacial score (nSPS) is 15.5. The summed E-state index contributed by atoms with van der Waals surface area (Å²) in [7, 11) is 4.98. The molecular formula is C23H31IN4O4. The Bertz CT molecular complexity index is 917. The molecule has 0 spiro atoms. The maximum absolute atomic E-state index is 12.3. The summed E-state index contributed by atoms with van der Waals surface area (Å²) in [5.41, 5.74) is 2.77. The van der Waals surface area contributed by atoms with E-state index in [1.807, 2.05) is 42.5 Å². The van der Waals surface area contributed by atoms with E-state index in [4.69, 9.17) is 14.2 Å². The van der Waals surface area contributed by atoms with E-state index in [1.54, 1.807) is 21.3 Å². The van der Waals surface area contributed by atoms with Crippen molar-refractivity contribution in [1.82, 2.24) is 10.6 Å². The first-order chi connectivity index (χ1) is 15.1. The zero-order valence-electron chi connectivity index (χ0n) is 18.6. The number of aliphatic imine (C=N–C) groups is 1. The van der Waals surface area contributed by atoms with Crippen molar-refractivity contribution in [3.8, 4) is 11.5 Å². The van der Waals surface area contributed by atoms with Gasteiger partial charge in [0.2, 0.25) is 0 Å². The number of halogens is 1. The van der Waals surface area contributed by atoms with E-state index in [-0.39, 0.29) is 36.0 Å². The van der Waals surface area contributed by atoms with E-state index in [2.05, 4.69) is 20.9 Å². The molecule has 0 saturated carbocycles. The molecule has 1 atom stereocenters. The summed E-state index contributed by atoms with van der Waals surface area (Å²) in [6, 6.07) is 13.4. The fourth-order valence-electron chi connectivity index (χ4n) is 3.35. The number of hydrogen-bond acceptors (Lipinski definition) is 5. The number of ether oxygens (including phenoxy) is 3. The number of methoxy groups -OCH3 is 2. The standard InChI is InChI=1S/C23H30N4O4.HI/c1-24-23(26-15-17-9-10-19(29-2)13-21(17)30-3)25-14-16-6-4-7-18(12-16)27-22(28)20-8-5-11-31-20;/h4,6-7,9-10,12-13,20H,5,8,11,14-15H2,1-3H3,(H,27,28)(H2,24,25,26);1H. The highest BCUT2D eigenvalue weighted by Gasteiger charge is 2.23. The monoisotopic (exact) mass is 554 g/mol. The summed E-state index contributed by atoms with van der Waals surface area (Å²) in [4.78, 5) is 16.5. The number of nitrogens with zero attached hydrogens (tertiary/aromatic N) is 1. The quantitative estimate of drug-likeness (QED) is 0.264. The van der Waals surface area contributed by atoms with Gasteiger partial charge in [-0.25, -0.2) is 0 Å². The summed E-state index contributed by atoms with van der Waals surface area (Å²) in [5, 5.41) is 9.50. The van der Waals surface area contributed by atoms with Crippen LogP contribution in [0.5, 0.6) is 11.5 Å². The van der Waals surface area contributed by atoms with Crippen LogP contribution in [0.15, 0.2) is 47.5 Å². The number of anilines is 1. The van der Waals surface area contributed by atoms with Crippen LogP contribution in [0.25, 0.3) is 0 Å². The highest BCUT2D eigenvalue weighted by molar-refractivity contribution is 14.0. The lowest BCUT2D eigenvalue weighted by Crippen LogP contribution is -2.36. The molecule has 2 aromatic rings. The van der Waals surface area contributed by atoms with Gasteiger partial charge in [-0.05, 0) is 42.7 Å². The van der Waals surface area contributed by atoms with Gasteiger partial charge < -0.3 is 30.2 Å². The molecule has 1 aliphatic rings. The molecular weight excluding hydrogens is 523 g/mol. The number of hydrogen-bond donors (Lipinski definition) is 3. The molecule has 2 aromatic carbocycles. The Hall–Kier alpha value is -2.53. The first-order valence-corrected chi connectivity index (χ1v) is 10.3. The van der Waals surface area contributed by atoms with Crippen LogP contribution in [0.4, 0.5) is 5.69 Å². The van der Waals surface area contributed by atoms with Gasteiger partial charge in [-0.2, -0.15) is 0 Å². The van der Waals surface area contributed by atoms with Crippen molar-refractivity contribution in [2.45, 2.75) is 32.0 Å². The molecule has 3 N–H and O–H groups in total. The summed E-state index contributed by atoms with van der Waals surface area (Å²) >= 11 is 0. The zero-order valence-corrected chi connectivity index (χ0v) is 21.0. The Labute approximate surface area is 206 Å². The molecule has 1 heterocycles. The van der Waals surface area contributed by atoms with Gasteiger partial charge in [-0.1, -0.05) is 12.1 Å². The minimum Gasteiger partial charge on any atom is -0.497 e. The van der Waals surface area contributed by atoms with Gasteiger partial charge in [-0.15, -0.1) is 24.0 Å². The second kappa shape index (κ2) is 13.1. The molecule has 0 aliphatic carbocycles. The van der Waals surface area contributed by atoms with Gasteiger partial charge in [0.1, 0.15) is 17.6 Å². The Morgan fingerprint density at radius 2 is 1.94 bits per heavy atom. The predicted molar refractivity (Wildman–Crippen MR) is 136 cm³/mol. The molecule has 0 aromatic heterocycles. The molecule has 0 bridgehead atoms. The molecule has 1 saturated heterocycles. The van der Waals surface area contributed by atoms with E-state index in [0.29, 0.717) is 25.7 Å². The number of amides is 1. The average Bonchev–Trinajstić information content (AvgIpc) is 3.34. The zero-order chi connectivity index (χ0) is 22.1. The maximum Gasteiger partial charge on any atom is 0.253 e. The third-order valence-electron chi connectivity index (χ3n) is 5.04. The van der Waals surface area contributed by atoms with Crippen molar-refractivity contribution in [2.75, 3.05) is 33.2 Å². The first-order valence-electron chi connectivity index (χ1n) is 10.3. The van der Waals surface area contributed by atoms with Crippen molar-refractivity contribution < 1.29 is 19.0 Å². The van der Waals surface area contributed by atoms with Gasteiger partial charge in [-0.3, -0.25) is 9.79 Å². The number of benzene rings is 2. The van der Waals surface area contributed by atoms with E-state index < -0.39 is 0 Å². The van der Waals surface area contributed by atoms with Crippen LogP contribution in [0.1, 0.15) is 24.0 Å². The lowest BCUT2D eigenvalue weighted by Gasteiger charge is -2.15. The molecule has 1 amide bonds. The topological polar surface area (TPSA) is 93.2 Å². The molecule has 1 aliphatic heterocycles. The third-order valence-corrected chi connectivity index (χ3v) is 5.04. The molecule has 1 unspecified atom stereocenters. The Kier molecular flexibility index (Phi) is 10.5. The van der Waals surface area contributed by atoms with Crippen molar-refractivity contribution in [3.63, 3.8) is 0 Å². The van der Waals surface area contributed by atoms with Crippen LogP contribution in [-0.4, -0.2) is 45.8 Å². The van der Waals surface area contributed by atoms with E-state index >= 15 is 0 Å². The predicted octanol–water partition coefficient (Wildman–Crippen LogP) is 3.30. The van der Waals surface area contributed by atoms with Crippen LogP contribution < -0.4 is 25.4 Å². The van der Waals surface area contributed by atoms with E-state index in [1.165, 1.54) is 0 Å². The van der Waals surface area contributed by atoms with Crippen LogP contribution >= 0.6 is 24.0 Å². The van der Waals surface area contributed by atoms with Gasteiger partial charge in [0.25, 0.3) is 5.91 Å². The molecule has 1 fully saturated rings. The van der Waals surface area contributed by atoms with Gasteiger partial charge >= 0.3 is 0 Å². The Morgan fingerprint density at radius 3 is 2.62 bits per heavy atom. The fraction of sp³-hybridized carbons (Fsp3) is 0.391. The Morgan fingerprint density at radius 1 is 1.12 bits per heavy atom. The minimum absolute atomic E-state index is 0. The van der Waals surface area contributed by atoms with Gasteiger partial charge in [0, 0.05) is 44.1 Å². The highest BCUT2D eigenvalue weighted by Crippen LogP contribution is 2.24. The minimum atomic E-state index is -0.347. The van der Waals surface area contributed by atoms with Crippen LogP contribution in [0, 0.1) is 0 Å². The number of nitrogens with one attached hydrogen (secondary N) is 3. The molecule has 3 rings (SSSR count). The molecule has 32 heavy (non-hydrogen) atoms. The second-order valence-corrected chi connectivity index (χ2v) is 7.15. The summed E-state index contributed by atoms with van der Waals surface area (Å²) in [6.07, 6.45) is 1.35. The van der Waals surface area contributed by atoms with Crippen LogP contribution in [-0.2, 0) is 22.6 Å². The average molecular weight is 554 g/mol. The number of carbonyl (C=O) groups is 1.